The van der Waals surface area contributed by atoms with Crippen LogP contribution in [0.2, 0.25) is 0 Å². The number of aromatic nitrogens is 4. The number of ether oxygens (including phenoxy) is 1. The van der Waals surface area contributed by atoms with E-state index < -0.39 is 6.36 Å². The molecule has 2 aromatic heterocycles. The smallest absolute Gasteiger partial charge is 0.406 e. The summed E-state index contributed by atoms with van der Waals surface area (Å²) in [7, 11) is 0. The molecule has 0 amide bonds. The van der Waals surface area contributed by atoms with Crippen LogP contribution >= 0.6 is 11.3 Å². The number of aryl methyl sites for hydroxylation is 2. The first-order valence-corrected chi connectivity index (χ1v) is 9.20. The predicted molar refractivity (Wildman–Crippen MR) is 97.8 cm³/mol. The summed E-state index contributed by atoms with van der Waals surface area (Å²) in [5, 5.41) is 16.2. The number of rotatable bonds is 5. The molecule has 0 aliphatic rings. The van der Waals surface area contributed by atoms with Gasteiger partial charge in [0.1, 0.15) is 17.3 Å². The van der Waals surface area contributed by atoms with Crippen molar-refractivity contribution in [2.24, 2.45) is 0 Å². The average Bonchev–Trinajstić information content (AvgIpc) is 3.22. The molecular weight excluding hydrogens is 410 g/mol. The standard InChI is InChI=1S/C18H13F4N5OS/c19-12-3-1-2-11(8-12)14-10-26(25-24-14)6-7-27-15-5-4-13(28-18(20,21)22)9-16(15)29-17(27)23/h1-5,8-10,23H,6-7H2. The van der Waals surface area contributed by atoms with Gasteiger partial charge in [-0.1, -0.05) is 28.7 Å². The van der Waals surface area contributed by atoms with Gasteiger partial charge in [-0.25, -0.2) is 4.39 Å². The molecule has 0 unspecified atom stereocenters. The molecule has 0 saturated heterocycles. The van der Waals surface area contributed by atoms with Gasteiger partial charge in [0.05, 0.1) is 23.0 Å². The third kappa shape index (κ3) is 4.29. The van der Waals surface area contributed by atoms with E-state index in [0.29, 0.717) is 34.6 Å². The zero-order valence-electron chi connectivity index (χ0n) is 14.7. The maximum Gasteiger partial charge on any atom is 0.573 e. The molecule has 0 fully saturated rings. The summed E-state index contributed by atoms with van der Waals surface area (Å²) in [6, 6.07) is 9.98. The lowest BCUT2D eigenvalue weighted by atomic mass is 10.2. The molecule has 2 aromatic carbocycles. The highest BCUT2D eigenvalue weighted by molar-refractivity contribution is 7.16. The van der Waals surface area contributed by atoms with Crippen LogP contribution in [0.5, 0.6) is 5.75 Å². The molecular formula is C18H13F4N5OS. The highest BCUT2D eigenvalue weighted by atomic mass is 32.1. The molecule has 150 valence electrons. The van der Waals surface area contributed by atoms with Gasteiger partial charge >= 0.3 is 6.36 Å². The molecule has 4 aromatic rings. The van der Waals surface area contributed by atoms with Crippen LogP contribution in [0.1, 0.15) is 0 Å². The summed E-state index contributed by atoms with van der Waals surface area (Å²) in [6.07, 6.45) is -3.10. The van der Waals surface area contributed by atoms with E-state index in [4.69, 9.17) is 5.41 Å². The quantitative estimate of drug-likeness (QED) is 0.490. The van der Waals surface area contributed by atoms with Crippen molar-refractivity contribution >= 4 is 21.6 Å². The van der Waals surface area contributed by atoms with E-state index in [1.165, 1.54) is 30.3 Å². The molecule has 4 rings (SSSR count). The van der Waals surface area contributed by atoms with E-state index in [2.05, 4.69) is 15.0 Å². The van der Waals surface area contributed by atoms with Crippen molar-refractivity contribution in [1.29, 1.82) is 5.41 Å². The Morgan fingerprint density at radius 2 is 1.93 bits per heavy atom. The molecule has 0 atom stereocenters. The van der Waals surface area contributed by atoms with Gasteiger partial charge in [0, 0.05) is 12.1 Å². The minimum Gasteiger partial charge on any atom is -0.406 e. The molecule has 0 spiro atoms. The van der Waals surface area contributed by atoms with E-state index in [0.717, 1.165) is 11.3 Å². The molecule has 0 aliphatic carbocycles. The molecule has 11 heteroatoms. The number of nitrogens with one attached hydrogen (secondary N) is 1. The number of thiazole rings is 1. The second kappa shape index (κ2) is 7.32. The lowest BCUT2D eigenvalue weighted by molar-refractivity contribution is -0.274. The maximum atomic E-state index is 13.4. The minimum atomic E-state index is -4.77. The zero-order valence-corrected chi connectivity index (χ0v) is 15.5. The van der Waals surface area contributed by atoms with Gasteiger partial charge in [0.15, 0.2) is 4.80 Å². The van der Waals surface area contributed by atoms with E-state index >= 15 is 0 Å². The summed E-state index contributed by atoms with van der Waals surface area (Å²) in [5.74, 6) is -0.695. The van der Waals surface area contributed by atoms with Gasteiger partial charge in [-0.05, 0) is 30.3 Å². The first kappa shape index (κ1) is 19.1. The van der Waals surface area contributed by atoms with Gasteiger partial charge in [0.2, 0.25) is 0 Å². The van der Waals surface area contributed by atoms with Crippen LogP contribution in [0.25, 0.3) is 21.5 Å². The number of benzene rings is 2. The van der Waals surface area contributed by atoms with Crippen molar-refractivity contribution in [3.8, 4) is 17.0 Å². The van der Waals surface area contributed by atoms with E-state index in [1.54, 1.807) is 27.6 Å². The van der Waals surface area contributed by atoms with Crippen LogP contribution in [0.15, 0.2) is 48.7 Å². The largest absolute Gasteiger partial charge is 0.573 e. The number of fused-ring (bicyclic) bond motifs is 1. The van der Waals surface area contributed by atoms with Gasteiger partial charge < -0.3 is 9.30 Å². The van der Waals surface area contributed by atoms with Crippen molar-refractivity contribution in [1.82, 2.24) is 19.6 Å². The van der Waals surface area contributed by atoms with Gasteiger partial charge in [-0.3, -0.25) is 10.1 Å². The molecule has 0 radical (unpaired) electrons. The van der Waals surface area contributed by atoms with Crippen molar-refractivity contribution in [3.05, 3.63) is 59.3 Å². The number of nitrogens with zero attached hydrogens (tertiary/aromatic N) is 4. The monoisotopic (exact) mass is 423 g/mol. The van der Waals surface area contributed by atoms with Gasteiger partial charge in [-0.15, -0.1) is 18.3 Å². The normalized spacial score (nSPS) is 11.9. The highest BCUT2D eigenvalue weighted by Crippen LogP contribution is 2.28. The molecule has 0 bridgehead atoms. The summed E-state index contributed by atoms with van der Waals surface area (Å²) in [4.78, 5) is 0.189. The molecule has 29 heavy (non-hydrogen) atoms. The van der Waals surface area contributed by atoms with Crippen LogP contribution in [0.3, 0.4) is 0 Å². The molecule has 0 aliphatic heterocycles. The summed E-state index contributed by atoms with van der Waals surface area (Å²) < 4.78 is 58.2. The van der Waals surface area contributed by atoms with Crippen LogP contribution < -0.4 is 9.54 Å². The van der Waals surface area contributed by atoms with Crippen molar-refractivity contribution < 1.29 is 22.3 Å². The second-order valence-corrected chi connectivity index (χ2v) is 7.14. The maximum absolute atomic E-state index is 13.4. The minimum absolute atomic E-state index is 0.189. The van der Waals surface area contributed by atoms with E-state index in [9.17, 15) is 17.6 Å². The van der Waals surface area contributed by atoms with E-state index in [1.807, 2.05) is 0 Å². The molecule has 6 nitrogen and oxygen atoms in total. The molecule has 0 saturated carbocycles. The van der Waals surface area contributed by atoms with Crippen LogP contribution in [-0.4, -0.2) is 25.9 Å². The predicted octanol–water partition coefficient (Wildman–Crippen LogP) is 4.18. The number of halogens is 4. The Morgan fingerprint density at radius 1 is 1.10 bits per heavy atom. The summed E-state index contributed by atoms with van der Waals surface area (Å²) in [6.45, 7) is 0.746. The van der Waals surface area contributed by atoms with Crippen molar-refractivity contribution in [2.75, 3.05) is 0 Å². The molecule has 1 N–H and O–H groups in total. The average molecular weight is 423 g/mol. The lowest BCUT2D eigenvalue weighted by Gasteiger charge is -2.09. The van der Waals surface area contributed by atoms with Crippen molar-refractivity contribution in [2.45, 2.75) is 19.5 Å². The SMILES string of the molecule is N=c1sc2cc(OC(F)(F)F)ccc2n1CCn1cc(-c2cccc(F)c2)nn1. The van der Waals surface area contributed by atoms with Crippen LogP contribution in [0.4, 0.5) is 17.6 Å². The fraction of sp³-hybridized carbons (Fsp3) is 0.167. The first-order chi connectivity index (χ1) is 13.8. The fourth-order valence-corrected chi connectivity index (χ4v) is 3.84. The van der Waals surface area contributed by atoms with Crippen molar-refractivity contribution in [3.63, 3.8) is 0 Å². The topological polar surface area (TPSA) is 68.7 Å². The number of hydrogen-bond acceptors (Lipinski definition) is 5. The zero-order chi connectivity index (χ0) is 20.6. The lowest BCUT2D eigenvalue weighted by Crippen LogP contribution is -2.17. The van der Waals surface area contributed by atoms with Crippen LogP contribution in [0, 0.1) is 11.2 Å². The Labute approximate surface area is 165 Å². The number of alkyl halides is 3. The summed E-state index contributed by atoms with van der Waals surface area (Å²) in [5.41, 5.74) is 1.74. The van der Waals surface area contributed by atoms with Crippen LogP contribution in [-0.2, 0) is 13.1 Å². The Kier molecular flexibility index (Phi) is 4.82. The Hall–Kier alpha value is -3.21. The third-order valence-corrected chi connectivity index (χ3v) is 5.08. The molecule has 2 heterocycles. The van der Waals surface area contributed by atoms with Gasteiger partial charge in [0.25, 0.3) is 0 Å². The fourth-order valence-electron chi connectivity index (χ4n) is 2.88. The summed E-state index contributed by atoms with van der Waals surface area (Å²) >= 11 is 1.05. The van der Waals surface area contributed by atoms with E-state index in [-0.39, 0.29) is 16.4 Å². The highest BCUT2D eigenvalue weighted by Gasteiger charge is 2.31. The number of hydrogen-bond donors (Lipinski definition) is 1. The second-order valence-electron chi connectivity index (χ2n) is 6.11. The third-order valence-electron chi connectivity index (χ3n) is 4.12. The Morgan fingerprint density at radius 3 is 2.69 bits per heavy atom. The first-order valence-electron chi connectivity index (χ1n) is 8.38. The Balaban J connectivity index is 1.53. The Bertz CT molecular complexity index is 1230. The van der Waals surface area contributed by atoms with Gasteiger partial charge in [-0.2, -0.15) is 0 Å².